The number of para-hydroxylation sites is 3. The predicted molar refractivity (Wildman–Crippen MR) is 139 cm³/mol. The number of carbonyl (C=O) groups excluding carboxylic acids is 1. The summed E-state index contributed by atoms with van der Waals surface area (Å²) in [5.41, 5.74) is 6.66. The zero-order chi connectivity index (χ0) is 24.3. The van der Waals surface area contributed by atoms with E-state index in [-0.39, 0.29) is 5.91 Å². The number of hydrogen-bond acceptors (Lipinski definition) is 4. The molecule has 174 valence electrons. The van der Waals surface area contributed by atoms with Crippen molar-refractivity contribution in [2.45, 2.75) is 6.54 Å². The summed E-state index contributed by atoms with van der Waals surface area (Å²) in [6.07, 6.45) is 5.18. The van der Waals surface area contributed by atoms with E-state index in [0.29, 0.717) is 17.8 Å². The first-order valence-electron chi connectivity index (χ1n) is 11.6. The largest absolute Gasteiger partial charge is 0.348 e. The number of nitrogens with zero attached hydrogens (tertiary/aromatic N) is 4. The number of hydrogen-bond donors (Lipinski definition) is 2. The van der Waals surface area contributed by atoms with Crippen LogP contribution < -0.4 is 5.32 Å². The molecule has 3 aromatic heterocycles. The van der Waals surface area contributed by atoms with Gasteiger partial charge in [-0.25, -0.2) is 9.67 Å². The van der Waals surface area contributed by atoms with Gasteiger partial charge in [0.1, 0.15) is 11.5 Å². The van der Waals surface area contributed by atoms with Crippen LogP contribution in [0.3, 0.4) is 0 Å². The van der Waals surface area contributed by atoms with Crippen LogP contribution in [0.25, 0.3) is 39.4 Å². The fraction of sp³-hybridized carbons (Fsp3) is 0.0345. The molecule has 0 aliphatic carbocycles. The number of rotatable bonds is 6. The highest BCUT2D eigenvalue weighted by molar-refractivity contribution is 5.99. The minimum atomic E-state index is -0.197. The van der Waals surface area contributed by atoms with Gasteiger partial charge in [-0.2, -0.15) is 5.10 Å². The van der Waals surface area contributed by atoms with E-state index in [1.807, 2.05) is 91.0 Å². The van der Waals surface area contributed by atoms with Gasteiger partial charge in [0.15, 0.2) is 0 Å². The van der Waals surface area contributed by atoms with Crippen molar-refractivity contribution in [3.8, 4) is 28.3 Å². The minimum absolute atomic E-state index is 0.197. The highest BCUT2D eigenvalue weighted by Crippen LogP contribution is 2.24. The van der Waals surface area contributed by atoms with Crippen molar-refractivity contribution in [2.24, 2.45) is 0 Å². The summed E-state index contributed by atoms with van der Waals surface area (Å²) in [7, 11) is 0. The Morgan fingerprint density at radius 3 is 2.44 bits per heavy atom. The minimum Gasteiger partial charge on any atom is -0.348 e. The smallest absolute Gasteiger partial charge is 0.255 e. The van der Waals surface area contributed by atoms with Crippen LogP contribution in [0.4, 0.5) is 0 Å². The molecule has 6 aromatic rings. The Kier molecular flexibility index (Phi) is 5.56. The zero-order valence-electron chi connectivity index (χ0n) is 19.3. The molecule has 0 aliphatic heterocycles. The molecule has 7 nitrogen and oxygen atoms in total. The van der Waals surface area contributed by atoms with Gasteiger partial charge < -0.3 is 10.3 Å². The molecule has 2 N–H and O–H groups in total. The molecule has 7 heteroatoms. The van der Waals surface area contributed by atoms with Gasteiger partial charge in [0, 0.05) is 36.3 Å². The summed E-state index contributed by atoms with van der Waals surface area (Å²) >= 11 is 0. The molecule has 0 unspecified atom stereocenters. The SMILES string of the molecule is O=C(NCc1ccc(-c2nc3ccccc3[nH]2)cc1)c1cn(-c2ccccc2)nc1-c1cccnc1. The van der Waals surface area contributed by atoms with Crippen LogP contribution in [0.5, 0.6) is 0 Å². The third-order valence-electron chi connectivity index (χ3n) is 5.98. The van der Waals surface area contributed by atoms with Gasteiger partial charge in [-0.1, -0.05) is 54.6 Å². The van der Waals surface area contributed by atoms with E-state index in [1.165, 1.54) is 0 Å². The third kappa shape index (κ3) is 4.25. The fourth-order valence-corrected chi connectivity index (χ4v) is 4.12. The van der Waals surface area contributed by atoms with Crippen molar-refractivity contribution < 1.29 is 4.79 Å². The number of nitrogens with one attached hydrogen (secondary N) is 2. The Balaban J connectivity index is 1.22. The number of benzene rings is 3. The van der Waals surface area contributed by atoms with Crippen LogP contribution >= 0.6 is 0 Å². The standard InChI is InChI=1S/C29H22N6O/c36-29(24-19-35(23-8-2-1-3-9-23)34-27(24)22-7-6-16-30-18-22)31-17-20-12-14-21(15-13-20)28-32-25-10-4-5-11-26(25)33-28/h1-16,18-19H,17H2,(H,31,36)(H,32,33). The Morgan fingerprint density at radius 2 is 1.67 bits per heavy atom. The van der Waals surface area contributed by atoms with Gasteiger partial charge >= 0.3 is 0 Å². The average molecular weight is 471 g/mol. The van der Waals surface area contributed by atoms with Gasteiger partial charge in [0.05, 0.1) is 22.3 Å². The van der Waals surface area contributed by atoms with Crippen LogP contribution in [-0.4, -0.2) is 30.6 Å². The van der Waals surface area contributed by atoms with E-state index in [4.69, 9.17) is 5.10 Å². The third-order valence-corrected chi connectivity index (χ3v) is 5.98. The average Bonchev–Trinajstić information content (AvgIpc) is 3.58. The summed E-state index contributed by atoms with van der Waals surface area (Å²) in [6, 6.07) is 29.4. The van der Waals surface area contributed by atoms with Gasteiger partial charge in [0.2, 0.25) is 0 Å². The lowest BCUT2D eigenvalue weighted by Crippen LogP contribution is -2.23. The maximum Gasteiger partial charge on any atom is 0.255 e. The summed E-state index contributed by atoms with van der Waals surface area (Å²) in [5, 5.41) is 7.73. The number of aromatic nitrogens is 5. The second-order valence-electron chi connectivity index (χ2n) is 8.40. The molecule has 0 saturated heterocycles. The summed E-state index contributed by atoms with van der Waals surface area (Å²) in [6.45, 7) is 0.391. The molecule has 0 saturated carbocycles. The van der Waals surface area contributed by atoms with E-state index >= 15 is 0 Å². The lowest BCUT2D eigenvalue weighted by molar-refractivity contribution is 0.0951. The molecule has 0 bridgehead atoms. The number of amides is 1. The van der Waals surface area contributed by atoms with Crippen LogP contribution in [0.1, 0.15) is 15.9 Å². The number of aromatic amines is 1. The molecule has 3 aromatic carbocycles. The highest BCUT2D eigenvalue weighted by Gasteiger charge is 2.19. The predicted octanol–water partition coefficient (Wildman–Crippen LogP) is 5.41. The number of fused-ring (bicyclic) bond motifs is 1. The Bertz CT molecular complexity index is 1600. The van der Waals surface area contributed by atoms with Crippen LogP contribution in [0.2, 0.25) is 0 Å². The lowest BCUT2D eigenvalue weighted by Gasteiger charge is -2.06. The first kappa shape index (κ1) is 21.5. The quantitative estimate of drug-likeness (QED) is 0.341. The molecule has 6 rings (SSSR count). The second-order valence-corrected chi connectivity index (χ2v) is 8.40. The molecule has 0 spiro atoms. The summed E-state index contributed by atoms with van der Waals surface area (Å²) in [4.78, 5) is 25.4. The van der Waals surface area contributed by atoms with Crippen molar-refractivity contribution in [1.29, 1.82) is 0 Å². The molecule has 0 fully saturated rings. The summed E-state index contributed by atoms with van der Waals surface area (Å²) in [5.74, 6) is 0.624. The number of imidazole rings is 1. The van der Waals surface area contributed by atoms with Crippen molar-refractivity contribution in [3.63, 3.8) is 0 Å². The van der Waals surface area contributed by atoms with Gasteiger partial charge in [-0.3, -0.25) is 9.78 Å². The first-order valence-corrected chi connectivity index (χ1v) is 11.6. The second kappa shape index (κ2) is 9.31. The first-order chi connectivity index (χ1) is 17.7. The molecule has 0 aliphatic rings. The molecule has 0 radical (unpaired) electrons. The molecular formula is C29H22N6O. The molecule has 1 amide bonds. The molecular weight excluding hydrogens is 448 g/mol. The molecule has 3 heterocycles. The number of pyridine rings is 1. The van der Waals surface area contributed by atoms with Crippen molar-refractivity contribution in [3.05, 3.63) is 121 Å². The maximum atomic E-state index is 13.2. The Hall–Kier alpha value is -5.04. The van der Waals surface area contributed by atoms with Crippen LogP contribution in [0.15, 0.2) is 110 Å². The lowest BCUT2D eigenvalue weighted by atomic mass is 10.1. The van der Waals surface area contributed by atoms with E-state index in [9.17, 15) is 4.79 Å². The molecule has 0 atom stereocenters. The van der Waals surface area contributed by atoms with Gasteiger partial charge in [0.25, 0.3) is 5.91 Å². The summed E-state index contributed by atoms with van der Waals surface area (Å²) < 4.78 is 1.72. The van der Waals surface area contributed by atoms with E-state index in [0.717, 1.165) is 39.2 Å². The normalized spacial score (nSPS) is 11.0. The molecule has 36 heavy (non-hydrogen) atoms. The van der Waals surface area contributed by atoms with Crippen LogP contribution in [-0.2, 0) is 6.54 Å². The van der Waals surface area contributed by atoms with Crippen LogP contribution in [0, 0.1) is 0 Å². The number of carbonyl (C=O) groups is 1. The van der Waals surface area contributed by atoms with Crippen molar-refractivity contribution in [2.75, 3.05) is 0 Å². The van der Waals surface area contributed by atoms with E-state index in [2.05, 4.69) is 20.3 Å². The Labute approximate surface area is 207 Å². The Morgan fingerprint density at radius 1 is 0.861 bits per heavy atom. The van der Waals surface area contributed by atoms with Gasteiger partial charge in [-0.15, -0.1) is 0 Å². The monoisotopic (exact) mass is 470 g/mol. The van der Waals surface area contributed by atoms with Crippen molar-refractivity contribution >= 4 is 16.9 Å². The van der Waals surface area contributed by atoms with E-state index in [1.54, 1.807) is 23.3 Å². The van der Waals surface area contributed by atoms with E-state index < -0.39 is 0 Å². The highest BCUT2D eigenvalue weighted by atomic mass is 16.1. The van der Waals surface area contributed by atoms with Gasteiger partial charge in [-0.05, 0) is 42.0 Å². The fourth-order valence-electron chi connectivity index (χ4n) is 4.12. The maximum absolute atomic E-state index is 13.2. The van der Waals surface area contributed by atoms with Crippen molar-refractivity contribution in [1.82, 2.24) is 30.0 Å². The number of H-pyrrole nitrogens is 1. The topological polar surface area (TPSA) is 88.5 Å². The zero-order valence-corrected chi connectivity index (χ0v) is 19.3.